The lowest BCUT2D eigenvalue weighted by molar-refractivity contribution is -0.134. The van der Waals surface area contributed by atoms with Crippen molar-refractivity contribution in [2.75, 3.05) is 25.3 Å². The summed E-state index contributed by atoms with van der Waals surface area (Å²) in [5, 5.41) is 3.70. The second-order valence-electron chi connectivity index (χ2n) is 7.17. The highest BCUT2D eigenvalue weighted by Crippen LogP contribution is 2.43. The Morgan fingerprint density at radius 2 is 2.25 bits per heavy atom. The van der Waals surface area contributed by atoms with Crippen molar-refractivity contribution in [3.05, 3.63) is 36.3 Å². The number of aromatic nitrogens is 3. The van der Waals surface area contributed by atoms with Gasteiger partial charge in [-0.25, -0.2) is 9.97 Å². The summed E-state index contributed by atoms with van der Waals surface area (Å²) in [4.78, 5) is 20.6. The van der Waals surface area contributed by atoms with Gasteiger partial charge in [-0.15, -0.1) is 0 Å². The number of anilines is 1. The van der Waals surface area contributed by atoms with E-state index in [1.165, 1.54) is 6.92 Å². The van der Waals surface area contributed by atoms with E-state index in [0.29, 0.717) is 19.0 Å². The van der Waals surface area contributed by atoms with E-state index in [4.69, 9.17) is 19.2 Å². The van der Waals surface area contributed by atoms with Gasteiger partial charge in [-0.3, -0.25) is 4.79 Å². The number of nitrogens with one attached hydrogen (secondary N) is 1. The third-order valence-corrected chi connectivity index (χ3v) is 5.28. The number of aryl methyl sites for hydroxylation is 1. The van der Waals surface area contributed by atoms with E-state index in [0.717, 1.165) is 40.0 Å². The molecule has 1 atom stereocenters. The van der Waals surface area contributed by atoms with Gasteiger partial charge in [-0.2, -0.15) is 0 Å². The fraction of sp³-hybridized carbons (Fsp3) is 0.350. The number of rotatable bonds is 2. The number of amides is 1. The summed E-state index contributed by atoms with van der Waals surface area (Å²) in [6, 6.07) is 5.75. The van der Waals surface area contributed by atoms with Crippen LogP contribution in [0.1, 0.15) is 19.0 Å². The molecule has 0 bridgehead atoms. The molecular weight excluding hydrogens is 360 g/mol. The predicted molar refractivity (Wildman–Crippen MR) is 102 cm³/mol. The Labute approximate surface area is 161 Å². The van der Waals surface area contributed by atoms with Crippen LogP contribution in [0.5, 0.6) is 5.75 Å². The molecule has 144 valence electrons. The van der Waals surface area contributed by atoms with Gasteiger partial charge >= 0.3 is 0 Å². The van der Waals surface area contributed by atoms with Gasteiger partial charge in [0, 0.05) is 44.1 Å². The van der Waals surface area contributed by atoms with Gasteiger partial charge in [0.25, 0.3) is 0 Å². The fourth-order valence-corrected chi connectivity index (χ4v) is 3.89. The number of hydrogen-bond donors (Lipinski definition) is 1. The van der Waals surface area contributed by atoms with Gasteiger partial charge in [0.2, 0.25) is 5.91 Å². The van der Waals surface area contributed by atoms with Gasteiger partial charge in [-0.1, -0.05) is 0 Å². The Hall–Kier alpha value is -2.97. The number of hydrogen-bond acceptors (Lipinski definition) is 6. The SMILES string of the molecule is CC(=O)Nc1cc2c(-c3ccc4c(n3)C3(CCOC3)OCO4)cn(C)c2cn1. The molecule has 1 N–H and O–H groups in total. The van der Waals surface area contributed by atoms with E-state index < -0.39 is 5.60 Å². The van der Waals surface area contributed by atoms with Crippen molar-refractivity contribution >= 4 is 22.6 Å². The van der Waals surface area contributed by atoms with Crippen LogP contribution in [-0.2, 0) is 26.9 Å². The first-order valence-electron chi connectivity index (χ1n) is 9.15. The van der Waals surface area contributed by atoms with Crippen molar-refractivity contribution < 1.29 is 19.0 Å². The minimum Gasteiger partial charge on any atom is -0.465 e. The first-order valence-corrected chi connectivity index (χ1v) is 9.15. The van der Waals surface area contributed by atoms with Crippen LogP contribution >= 0.6 is 0 Å². The van der Waals surface area contributed by atoms with Crippen molar-refractivity contribution in [2.45, 2.75) is 18.9 Å². The molecule has 5 heterocycles. The minimum absolute atomic E-state index is 0.159. The number of carbonyl (C=O) groups is 1. The molecule has 1 saturated heterocycles. The highest BCUT2D eigenvalue weighted by Gasteiger charge is 2.44. The monoisotopic (exact) mass is 380 g/mol. The minimum atomic E-state index is -0.545. The summed E-state index contributed by atoms with van der Waals surface area (Å²) >= 11 is 0. The maximum Gasteiger partial charge on any atom is 0.222 e. The molecule has 1 fully saturated rings. The van der Waals surface area contributed by atoms with Crippen molar-refractivity contribution in [2.24, 2.45) is 7.05 Å². The van der Waals surface area contributed by atoms with Crippen molar-refractivity contribution in [3.63, 3.8) is 0 Å². The zero-order chi connectivity index (χ0) is 19.3. The van der Waals surface area contributed by atoms with Crippen LogP contribution in [0.15, 0.2) is 30.6 Å². The quantitative estimate of drug-likeness (QED) is 0.735. The molecule has 1 amide bonds. The van der Waals surface area contributed by atoms with Crippen molar-refractivity contribution in [1.29, 1.82) is 0 Å². The van der Waals surface area contributed by atoms with Gasteiger partial charge in [-0.05, 0) is 18.2 Å². The molecule has 3 aromatic rings. The van der Waals surface area contributed by atoms with E-state index >= 15 is 0 Å². The van der Waals surface area contributed by atoms with Gasteiger partial charge in [0.15, 0.2) is 6.79 Å². The van der Waals surface area contributed by atoms with Gasteiger partial charge in [0.1, 0.15) is 22.9 Å². The zero-order valence-electron chi connectivity index (χ0n) is 15.7. The van der Waals surface area contributed by atoms with Gasteiger partial charge < -0.3 is 24.1 Å². The highest BCUT2D eigenvalue weighted by molar-refractivity contribution is 5.98. The molecule has 1 spiro atoms. The molecule has 8 heteroatoms. The number of carbonyl (C=O) groups excluding carboxylic acids is 1. The van der Waals surface area contributed by atoms with Crippen LogP contribution in [0, 0.1) is 0 Å². The predicted octanol–water partition coefficient (Wildman–Crippen LogP) is 2.58. The molecule has 2 aliphatic heterocycles. The van der Waals surface area contributed by atoms with Crippen molar-refractivity contribution in [3.8, 4) is 17.0 Å². The lowest BCUT2D eigenvalue weighted by atomic mass is 9.95. The number of ether oxygens (including phenoxy) is 3. The average Bonchev–Trinajstić information content (AvgIpc) is 3.27. The Balaban J connectivity index is 1.65. The normalized spacial score (nSPS) is 20.9. The van der Waals surface area contributed by atoms with Crippen LogP contribution in [0.25, 0.3) is 22.2 Å². The van der Waals surface area contributed by atoms with Crippen LogP contribution < -0.4 is 10.1 Å². The highest BCUT2D eigenvalue weighted by atomic mass is 16.7. The van der Waals surface area contributed by atoms with E-state index in [1.807, 2.05) is 36.0 Å². The van der Waals surface area contributed by atoms with Crippen LogP contribution in [0.4, 0.5) is 5.82 Å². The molecule has 28 heavy (non-hydrogen) atoms. The second-order valence-corrected chi connectivity index (χ2v) is 7.17. The Morgan fingerprint density at radius 3 is 3.04 bits per heavy atom. The van der Waals surface area contributed by atoms with Crippen molar-refractivity contribution in [1.82, 2.24) is 14.5 Å². The number of fused-ring (bicyclic) bond motifs is 3. The first kappa shape index (κ1) is 17.2. The summed E-state index contributed by atoms with van der Waals surface area (Å²) in [6.45, 7) is 2.79. The van der Waals surface area contributed by atoms with Crippen LogP contribution in [-0.4, -0.2) is 40.4 Å². The lowest BCUT2D eigenvalue weighted by Gasteiger charge is -2.33. The molecule has 2 aliphatic rings. The van der Waals surface area contributed by atoms with E-state index in [9.17, 15) is 4.79 Å². The smallest absolute Gasteiger partial charge is 0.222 e. The Morgan fingerprint density at radius 1 is 1.36 bits per heavy atom. The summed E-state index contributed by atoms with van der Waals surface area (Å²) in [6.07, 6.45) is 4.52. The molecule has 0 saturated carbocycles. The van der Waals surface area contributed by atoms with E-state index in [-0.39, 0.29) is 12.7 Å². The topological polar surface area (TPSA) is 87.5 Å². The third-order valence-electron chi connectivity index (χ3n) is 5.28. The van der Waals surface area contributed by atoms with Crippen LogP contribution in [0.3, 0.4) is 0 Å². The number of pyridine rings is 2. The second kappa shape index (κ2) is 6.29. The Bertz CT molecular complexity index is 1090. The molecule has 8 nitrogen and oxygen atoms in total. The maximum atomic E-state index is 11.4. The lowest BCUT2D eigenvalue weighted by Crippen LogP contribution is -2.37. The largest absolute Gasteiger partial charge is 0.465 e. The van der Waals surface area contributed by atoms with Crippen LogP contribution in [0.2, 0.25) is 0 Å². The van der Waals surface area contributed by atoms with Gasteiger partial charge in [0.05, 0.1) is 24.0 Å². The average molecular weight is 380 g/mol. The summed E-state index contributed by atoms with van der Waals surface area (Å²) < 4.78 is 19.2. The third kappa shape index (κ3) is 2.64. The molecular formula is C20H20N4O4. The molecule has 0 aliphatic carbocycles. The standard InChI is InChI=1S/C20H20N4O4/c1-12(25)22-18-7-13-14(9-24(2)16(13)8-21-18)15-3-4-17-19(23-15)20(28-11-27-17)5-6-26-10-20/h3-4,7-9H,5-6,10-11H2,1-2H3,(H,21,22,25). The molecule has 5 rings (SSSR count). The summed E-state index contributed by atoms with van der Waals surface area (Å²) in [7, 11) is 1.96. The van der Waals surface area contributed by atoms with E-state index in [2.05, 4.69) is 10.3 Å². The number of nitrogens with zero attached hydrogens (tertiary/aromatic N) is 3. The van der Waals surface area contributed by atoms with E-state index in [1.54, 1.807) is 6.20 Å². The molecule has 0 radical (unpaired) electrons. The molecule has 1 unspecified atom stereocenters. The summed E-state index contributed by atoms with van der Waals surface area (Å²) in [5.74, 6) is 1.09. The first-order chi connectivity index (χ1) is 13.6. The fourth-order valence-electron chi connectivity index (χ4n) is 3.89. The maximum absolute atomic E-state index is 11.4. The summed E-state index contributed by atoms with van der Waals surface area (Å²) in [5.41, 5.74) is 2.95. The Kier molecular flexibility index (Phi) is 3.85. The molecule has 3 aromatic heterocycles. The molecule has 0 aromatic carbocycles. The zero-order valence-corrected chi connectivity index (χ0v) is 15.7.